The van der Waals surface area contributed by atoms with Gasteiger partial charge in [-0.05, 0) is 0 Å². The first-order valence-electron chi connectivity index (χ1n) is 10.1. The number of para-hydroxylation sites is 2. The number of carbonyl (C=O) groups excluding carboxylic acids is 1. The molecule has 0 bridgehead atoms. The Morgan fingerprint density at radius 3 is 1.83 bits per heavy atom. The number of hydrogen-bond acceptors (Lipinski definition) is 5. The summed E-state index contributed by atoms with van der Waals surface area (Å²) in [6.07, 6.45) is 1.17. The molecule has 1 aliphatic rings. The summed E-state index contributed by atoms with van der Waals surface area (Å²) in [4.78, 5) is 24.2. The van der Waals surface area contributed by atoms with Gasteiger partial charge in [0.1, 0.15) is 0 Å². The van der Waals surface area contributed by atoms with Crippen LogP contribution < -0.4 is 14.1 Å². The number of aldehydes is 1. The molecular formula is C24H27N2O3P. The Balaban J connectivity index is 1.84. The van der Waals surface area contributed by atoms with Gasteiger partial charge < -0.3 is 0 Å². The van der Waals surface area contributed by atoms with E-state index in [4.69, 9.17) is 4.74 Å². The van der Waals surface area contributed by atoms with Crippen LogP contribution >= 0.6 is 7.79 Å². The number of ether oxygens (including phenoxy) is 1. The molecule has 156 valence electrons. The van der Waals surface area contributed by atoms with Crippen LogP contribution in [-0.4, -0.2) is 31.4 Å². The van der Waals surface area contributed by atoms with E-state index in [1.54, 1.807) is 7.11 Å². The van der Waals surface area contributed by atoms with Crippen LogP contribution in [0.25, 0.3) is 0 Å². The van der Waals surface area contributed by atoms with Crippen molar-refractivity contribution in [2.75, 3.05) is 29.5 Å². The average Bonchev–Trinajstić information content (AvgIpc) is 3.16. The van der Waals surface area contributed by atoms with Gasteiger partial charge in [0.05, 0.1) is 0 Å². The van der Waals surface area contributed by atoms with Gasteiger partial charge in [-0.3, -0.25) is 0 Å². The standard InChI is InChI=1S/C24H27N2O3P/c1-29-23-14-12-20(13-15-23)24(16-19-27)30(28)25(21-8-4-2-5-9-21)17-18-26(30)22-10-6-3-7-11-22/h2-15,19,24,28,30H,16-18H2,1H3. The summed E-state index contributed by atoms with van der Waals surface area (Å²) in [5.74, 6) is 0.753. The molecule has 1 atom stereocenters. The van der Waals surface area contributed by atoms with Gasteiger partial charge in [0.2, 0.25) is 0 Å². The monoisotopic (exact) mass is 422 g/mol. The van der Waals surface area contributed by atoms with Crippen molar-refractivity contribution in [3.8, 4) is 5.75 Å². The number of benzene rings is 3. The van der Waals surface area contributed by atoms with E-state index < -0.39 is 7.79 Å². The summed E-state index contributed by atoms with van der Waals surface area (Å²) >= 11 is 0. The SMILES string of the molecule is COc1ccc(C(CC=O)[PH]2(O)N(c3ccccc3)CCN2c2ccccc2)cc1. The number of hydrogen-bond donors (Lipinski definition) is 1. The fourth-order valence-electron chi connectivity index (χ4n) is 4.36. The Morgan fingerprint density at radius 2 is 1.40 bits per heavy atom. The van der Waals surface area contributed by atoms with Gasteiger partial charge >= 0.3 is 178 Å². The Labute approximate surface area is 178 Å². The third kappa shape index (κ3) is 3.67. The van der Waals surface area contributed by atoms with E-state index in [0.717, 1.165) is 29.0 Å². The van der Waals surface area contributed by atoms with Crippen LogP contribution in [0.2, 0.25) is 0 Å². The molecule has 3 aromatic carbocycles. The zero-order chi connectivity index (χ0) is 21.0. The van der Waals surface area contributed by atoms with Crippen molar-refractivity contribution in [2.45, 2.75) is 12.1 Å². The normalized spacial score (nSPS) is 17.4. The molecule has 0 aromatic heterocycles. The average molecular weight is 422 g/mol. The molecule has 1 N–H and O–H groups in total. The maximum absolute atomic E-state index is 12.5. The molecule has 6 heteroatoms. The Hall–Kier alpha value is -2.88. The van der Waals surface area contributed by atoms with Gasteiger partial charge in [0.25, 0.3) is 0 Å². The quantitative estimate of drug-likeness (QED) is 0.436. The third-order valence-electron chi connectivity index (χ3n) is 5.80. The third-order valence-corrected chi connectivity index (χ3v) is 9.85. The van der Waals surface area contributed by atoms with Crippen molar-refractivity contribution in [3.63, 3.8) is 0 Å². The van der Waals surface area contributed by atoms with Crippen molar-refractivity contribution in [2.24, 2.45) is 0 Å². The zero-order valence-electron chi connectivity index (χ0n) is 17.0. The first-order chi connectivity index (χ1) is 14.7. The number of carbonyl (C=O) groups is 1. The van der Waals surface area contributed by atoms with Gasteiger partial charge in [-0.1, -0.05) is 0 Å². The topological polar surface area (TPSA) is 53.0 Å². The second-order valence-electron chi connectivity index (χ2n) is 7.39. The van der Waals surface area contributed by atoms with Crippen LogP contribution in [0.3, 0.4) is 0 Å². The molecule has 1 aliphatic heterocycles. The molecule has 0 radical (unpaired) electrons. The van der Waals surface area contributed by atoms with Crippen molar-refractivity contribution in [3.05, 3.63) is 90.5 Å². The summed E-state index contributed by atoms with van der Waals surface area (Å²) in [7, 11) is -1.72. The molecule has 1 unspecified atom stereocenters. The summed E-state index contributed by atoms with van der Waals surface area (Å²) in [5.41, 5.74) is 2.59. The fraction of sp³-hybridized carbons (Fsp3) is 0.208. The van der Waals surface area contributed by atoms with Gasteiger partial charge in [-0.2, -0.15) is 0 Å². The van der Waals surface area contributed by atoms with Crippen LogP contribution in [-0.2, 0) is 4.79 Å². The van der Waals surface area contributed by atoms with E-state index >= 15 is 0 Å². The van der Waals surface area contributed by atoms with E-state index in [1.807, 2.05) is 84.9 Å². The van der Waals surface area contributed by atoms with Crippen LogP contribution in [0, 0.1) is 0 Å². The first-order valence-corrected chi connectivity index (χ1v) is 12.1. The van der Waals surface area contributed by atoms with Crippen LogP contribution in [0.5, 0.6) is 5.75 Å². The fourth-order valence-corrected chi connectivity index (χ4v) is 8.37. The van der Waals surface area contributed by atoms with Crippen molar-refractivity contribution < 1.29 is 14.4 Å². The molecule has 4 rings (SSSR count). The minimum atomic E-state index is -3.35. The second-order valence-corrected chi connectivity index (χ2v) is 10.5. The van der Waals surface area contributed by atoms with E-state index in [2.05, 4.69) is 9.34 Å². The molecule has 3 aromatic rings. The molecule has 0 spiro atoms. The molecule has 0 aliphatic carbocycles. The predicted octanol–water partition coefficient (Wildman–Crippen LogP) is 4.84. The number of methoxy groups -OCH3 is 1. The van der Waals surface area contributed by atoms with E-state index in [9.17, 15) is 9.69 Å². The van der Waals surface area contributed by atoms with Crippen LogP contribution in [0.15, 0.2) is 84.9 Å². The van der Waals surface area contributed by atoms with Crippen molar-refractivity contribution >= 4 is 25.5 Å². The van der Waals surface area contributed by atoms with Gasteiger partial charge in [0.15, 0.2) is 0 Å². The number of rotatable bonds is 7. The Bertz CT molecular complexity index is 919. The van der Waals surface area contributed by atoms with E-state index in [1.165, 1.54) is 0 Å². The van der Waals surface area contributed by atoms with Gasteiger partial charge in [0, 0.05) is 0 Å². The molecule has 30 heavy (non-hydrogen) atoms. The van der Waals surface area contributed by atoms with Crippen molar-refractivity contribution in [1.29, 1.82) is 0 Å². The van der Waals surface area contributed by atoms with Gasteiger partial charge in [-0.25, -0.2) is 0 Å². The first kappa shape index (κ1) is 20.4. The molecule has 5 nitrogen and oxygen atoms in total. The Morgan fingerprint density at radius 1 is 0.900 bits per heavy atom. The Kier molecular flexibility index (Phi) is 6.03. The summed E-state index contributed by atoms with van der Waals surface area (Å²) < 4.78 is 9.57. The second kappa shape index (κ2) is 8.86. The molecule has 1 saturated heterocycles. The zero-order valence-corrected chi connectivity index (χ0v) is 18.0. The summed E-state index contributed by atoms with van der Waals surface area (Å²) in [6.45, 7) is 1.40. The summed E-state index contributed by atoms with van der Waals surface area (Å²) in [6, 6.07) is 27.7. The summed E-state index contributed by atoms with van der Waals surface area (Å²) in [5, 5.41) is 0. The molecule has 0 saturated carbocycles. The van der Waals surface area contributed by atoms with Crippen LogP contribution in [0.4, 0.5) is 11.4 Å². The van der Waals surface area contributed by atoms with Crippen LogP contribution in [0.1, 0.15) is 17.6 Å². The van der Waals surface area contributed by atoms with E-state index in [-0.39, 0.29) is 12.1 Å². The molecule has 1 fully saturated rings. The molecule has 0 amide bonds. The number of anilines is 2. The minimum absolute atomic E-state index is 0.252. The maximum atomic E-state index is 12.5. The van der Waals surface area contributed by atoms with Crippen molar-refractivity contribution in [1.82, 2.24) is 0 Å². The molecular weight excluding hydrogens is 395 g/mol. The van der Waals surface area contributed by atoms with Gasteiger partial charge in [-0.15, -0.1) is 0 Å². The number of nitrogens with zero attached hydrogens (tertiary/aromatic N) is 2. The van der Waals surface area contributed by atoms with E-state index in [0.29, 0.717) is 13.1 Å². The molecule has 1 heterocycles. The predicted molar refractivity (Wildman–Crippen MR) is 125 cm³/mol.